The number of hydrogen-bond acceptors (Lipinski definition) is 4. The quantitative estimate of drug-likeness (QED) is 0.164. The van der Waals surface area contributed by atoms with Gasteiger partial charge >= 0.3 is 5.97 Å². The molecule has 6 nitrogen and oxygen atoms in total. The summed E-state index contributed by atoms with van der Waals surface area (Å²) in [6.45, 7) is 7.93. The van der Waals surface area contributed by atoms with Crippen molar-refractivity contribution in [3.63, 3.8) is 0 Å². The van der Waals surface area contributed by atoms with Gasteiger partial charge in [0.1, 0.15) is 0 Å². The van der Waals surface area contributed by atoms with Crippen molar-refractivity contribution >= 4 is 35.9 Å². The number of likely N-dealkylation sites (N-methyl/N-ethyl adjacent to an activating group) is 1. The summed E-state index contributed by atoms with van der Waals surface area (Å²) in [4.78, 5) is 17.8. The van der Waals surface area contributed by atoms with Crippen molar-refractivity contribution < 1.29 is 9.53 Å². The molecule has 27 heavy (non-hydrogen) atoms. The lowest BCUT2D eigenvalue weighted by Gasteiger charge is -2.30. The van der Waals surface area contributed by atoms with Gasteiger partial charge in [-0.1, -0.05) is 44.2 Å². The van der Waals surface area contributed by atoms with Crippen molar-refractivity contribution in [3.8, 4) is 0 Å². The van der Waals surface area contributed by atoms with Gasteiger partial charge in [0.25, 0.3) is 0 Å². The first-order valence-corrected chi connectivity index (χ1v) is 9.46. The van der Waals surface area contributed by atoms with Gasteiger partial charge < -0.3 is 15.4 Å². The van der Waals surface area contributed by atoms with Crippen LogP contribution in [0, 0.1) is 0 Å². The molecule has 1 atom stereocenters. The number of carbonyl (C=O) groups excluding carboxylic acids is 1. The molecule has 1 unspecified atom stereocenters. The average Bonchev–Trinajstić information content (AvgIpc) is 2.69. The number of methoxy groups -OCH3 is 1. The summed E-state index contributed by atoms with van der Waals surface area (Å²) in [6.07, 6.45) is 2.17. The SMILES string of the molecule is CCN(CC)C(CNC(=NC)NCCCCC(=O)OC)c1ccccc1.I. The summed E-state index contributed by atoms with van der Waals surface area (Å²) in [5, 5.41) is 6.74. The minimum atomic E-state index is -0.155. The highest BCUT2D eigenvalue weighted by atomic mass is 127. The number of nitrogens with one attached hydrogen (secondary N) is 2. The molecule has 0 heterocycles. The van der Waals surface area contributed by atoms with E-state index in [2.05, 4.69) is 63.4 Å². The van der Waals surface area contributed by atoms with E-state index < -0.39 is 0 Å². The largest absolute Gasteiger partial charge is 0.469 e. The molecular weight excluding hydrogens is 455 g/mol. The lowest BCUT2D eigenvalue weighted by molar-refractivity contribution is -0.140. The molecule has 0 fully saturated rings. The zero-order valence-electron chi connectivity index (χ0n) is 17.0. The topological polar surface area (TPSA) is 66.0 Å². The molecule has 1 rings (SSSR count). The highest BCUT2D eigenvalue weighted by molar-refractivity contribution is 14.0. The van der Waals surface area contributed by atoms with E-state index in [1.165, 1.54) is 12.7 Å². The molecule has 0 bridgehead atoms. The predicted octanol–water partition coefficient (Wildman–Crippen LogP) is 3.20. The Morgan fingerprint density at radius 3 is 2.37 bits per heavy atom. The third-order valence-corrected chi connectivity index (χ3v) is 4.45. The smallest absolute Gasteiger partial charge is 0.305 e. The number of benzene rings is 1. The van der Waals surface area contributed by atoms with Crippen LogP contribution in [0.15, 0.2) is 35.3 Å². The maximum atomic E-state index is 11.1. The minimum Gasteiger partial charge on any atom is -0.469 e. The number of halogens is 1. The first-order chi connectivity index (χ1) is 12.7. The average molecular weight is 490 g/mol. The molecule has 0 spiro atoms. The van der Waals surface area contributed by atoms with Crippen molar-refractivity contribution in [1.29, 1.82) is 0 Å². The first-order valence-electron chi connectivity index (χ1n) is 9.46. The van der Waals surface area contributed by atoms with E-state index in [1.54, 1.807) is 7.05 Å². The second-order valence-electron chi connectivity index (χ2n) is 6.06. The Labute approximate surface area is 181 Å². The van der Waals surface area contributed by atoms with Gasteiger partial charge in [0.2, 0.25) is 0 Å². The fourth-order valence-corrected chi connectivity index (χ4v) is 2.91. The monoisotopic (exact) mass is 490 g/mol. The van der Waals surface area contributed by atoms with Crippen molar-refractivity contribution in [2.45, 2.75) is 39.2 Å². The van der Waals surface area contributed by atoms with Gasteiger partial charge in [-0.05, 0) is 31.5 Å². The molecule has 0 saturated heterocycles. The fourth-order valence-electron chi connectivity index (χ4n) is 2.91. The summed E-state index contributed by atoms with van der Waals surface area (Å²) >= 11 is 0. The zero-order chi connectivity index (χ0) is 19.2. The van der Waals surface area contributed by atoms with Gasteiger partial charge in [-0.3, -0.25) is 14.7 Å². The summed E-state index contributed by atoms with van der Waals surface area (Å²) in [6, 6.07) is 10.9. The predicted molar refractivity (Wildman–Crippen MR) is 123 cm³/mol. The second kappa shape index (κ2) is 15.7. The molecule has 0 aliphatic carbocycles. The molecule has 0 saturated carbocycles. The van der Waals surface area contributed by atoms with Crippen LogP contribution in [0.1, 0.15) is 44.7 Å². The lowest BCUT2D eigenvalue weighted by atomic mass is 10.1. The van der Waals surface area contributed by atoms with E-state index in [0.717, 1.165) is 45.0 Å². The maximum absolute atomic E-state index is 11.1. The number of ether oxygens (including phenoxy) is 1. The van der Waals surface area contributed by atoms with Crippen LogP contribution in [-0.2, 0) is 9.53 Å². The van der Waals surface area contributed by atoms with Crippen molar-refractivity contribution in [3.05, 3.63) is 35.9 Å². The number of carbonyl (C=O) groups is 1. The number of rotatable bonds is 11. The van der Waals surface area contributed by atoms with Gasteiger partial charge in [0, 0.05) is 26.6 Å². The maximum Gasteiger partial charge on any atom is 0.305 e. The number of unbranched alkanes of at least 4 members (excludes halogenated alkanes) is 1. The summed E-state index contributed by atoms with van der Waals surface area (Å²) < 4.78 is 4.65. The molecule has 0 aromatic heterocycles. The minimum absolute atomic E-state index is 0. The van der Waals surface area contributed by atoms with E-state index in [9.17, 15) is 4.79 Å². The van der Waals surface area contributed by atoms with Gasteiger partial charge in [-0.25, -0.2) is 0 Å². The van der Waals surface area contributed by atoms with Crippen LogP contribution in [0.25, 0.3) is 0 Å². The van der Waals surface area contributed by atoms with E-state index in [-0.39, 0.29) is 29.9 Å². The normalized spacial score (nSPS) is 12.3. The van der Waals surface area contributed by atoms with Gasteiger partial charge in [-0.2, -0.15) is 0 Å². The Kier molecular flexibility index (Phi) is 14.9. The van der Waals surface area contributed by atoms with E-state index in [0.29, 0.717) is 12.5 Å². The van der Waals surface area contributed by atoms with Crippen molar-refractivity contribution in [1.82, 2.24) is 15.5 Å². The molecule has 0 amide bonds. The van der Waals surface area contributed by atoms with Crippen molar-refractivity contribution in [2.24, 2.45) is 4.99 Å². The van der Waals surface area contributed by atoms with E-state index in [4.69, 9.17) is 0 Å². The van der Waals surface area contributed by atoms with Crippen LogP contribution in [-0.4, -0.2) is 57.2 Å². The highest BCUT2D eigenvalue weighted by Gasteiger charge is 2.18. The Balaban J connectivity index is 0.00000676. The number of hydrogen-bond donors (Lipinski definition) is 2. The zero-order valence-corrected chi connectivity index (χ0v) is 19.4. The number of esters is 1. The van der Waals surface area contributed by atoms with Crippen LogP contribution in [0.3, 0.4) is 0 Å². The number of guanidine groups is 1. The third-order valence-electron chi connectivity index (χ3n) is 4.45. The lowest BCUT2D eigenvalue weighted by Crippen LogP contribution is -2.43. The first kappa shape index (κ1) is 25.6. The number of aliphatic imine (C=N–C) groups is 1. The van der Waals surface area contributed by atoms with Crippen molar-refractivity contribution in [2.75, 3.05) is 40.3 Å². The third kappa shape index (κ3) is 9.95. The Morgan fingerprint density at radius 1 is 1.15 bits per heavy atom. The van der Waals surface area contributed by atoms with Crippen LogP contribution in [0.2, 0.25) is 0 Å². The van der Waals surface area contributed by atoms with E-state index >= 15 is 0 Å². The standard InChI is InChI=1S/C20H34N4O2.HI/c1-5-24(6-2)18(17-12-8-7-9-13-17)16-23-20(21-3)22-15-11-10-14-19(25)26-4;/h7-9,12-13,18H,5-6,10-11,14-16H2,1-4H3,(H2,21,22,23);1H. The summed E-state index contributed by atoms with van der Waals surface area (Å²) in [7, 11) is 3.20. The Bertz CT molecular complexity index is 536. The molecule has 7 heteroatoms. The summed E-state index contributed by atoms with van der Waals surface area (Å²) in [5.74, 6) is 0.633. The molecule has 1 aromatic rings. The molecule has 1 aromatic carbocycles. The molecule has 0 aliphatic heterocycles. The fraction of sp³-hybridized carbons (Fsp3) is 0.600. The molecule has 154 valence electrons. The van der Waals surface area contributed by atoms with E-state index in [1.807, 2.05) is 6.07 Å². The molecule has 2 N–H and O–H groups in total. The van der Waals surface area contributed by atoms with Gasteiger partial charge in [-0.15, -0.1) is 24.0 Å². The van der Waals surface area contributed by atoms with Gasteiger partial charge in [0.05, 0.1) is 13.2 Å². The summed E-state index contributed by atoms with van der Waals surface area (Å²) in [5.41, 5.74) is 1.30. The Morgan fingerprint density at radius 2 is 1.81 bits per heavy atom. The van der Waals surface area contributed by atoms with Crippen LogP contribution in [0.4, 0.5) is 0 Å². The second-order valence-corrected chi connectivity index (χ2v) is 6.06. The molecule has 0 aliphatic rings. The Hall–Kier alpha value is -1.35. The van der Waals surface area contributed by atoms with Crippen LogP contribution < -0.4 is 10.6 Å². The number of nitrogens with zero attached hydrogens (tertiary/aromatic N) is 2. The molecular formula is C20H35IN4O2. The molecule has 0 radical (unpaired) electrons. The highest BCUT2D eigenvalue weighted by Crippen LogP contribution is 2.19. The van der Waals surface area contributed by atoms with Crippen LogP contribution >= 0.6 is 24.0 Å². The van der Waals surface area contributed by atoms with Crippen LogP contribution in [0.5, 0.6) is 0 Å². The van der Waals surface area contributed by atoms with Gasteiger partial charge in [0.15, 0.2) is 5.96 Å².